The first kappa shape index (κ1) is 19.3. The fourth-order valence-corrected chi connectivity index (χ4v) is 4.14. The lowest BCUT2D eigenvalue weighted by molar-refractivity contribution is 0.492. The van der Waals surface area contributed by atoms with Gasteiger partial charge in [0.15, 0.2) is 11.2 Å². The zero-order chi connectivity index (χ0) is 21.4. The van der Waals surface area contributed by atoms with E-state index < -0.39 is 0 Å². The molecule has 0 amide bonds. The molecule has 1 fully saturated rings. The van der Waals surface area contributed by atoms with Crippen LogP contribution in [0.15, 0.2) is 35.4 Å². The van der Waals surface area contributed by atoms with E-state index in [4.69, 9.17) is 10.7 Å². The fraction of sp³-hybridized carbons (Fsp3) is 0.364. The van der Waals surface area contributed by atoms with Gasteiger partial charge in [0.05, 0.1) is 30.5 Å². The molecule has 0 bridgehead atoms. The Morgan fingerprint density at radius 2 is 2.16 bits per heavy atom. The van der Waals surface area contributed by atoms with E-state index in [-0.39, 0.29) is 18.1 Å². The molecule has 9 heteroatoms. The Bertz CT molecular complexity index is 1340. The van der Waals surface area contributed by atoms with Crippen molar-refractivity contribution in [2.75, 3.05) is 18.0 Å². The molecule has 0 saturated carbocycles. The van der Waals surface area contributed by atoms with Crippen LogP contribution in [0.2, 0.25) is 0 Å². The van der Waals surface area contributed by atoms with E-state index in [2.05, 4.69) is 31.7 Å². The summed E-state index contributed by atoms with van der Waals surface area (Å²) in [6.07, 6.45) is 3.59. The number of H-pyrrole nitrogens is 1. The van der Waals surface area contributed by atoms with Gasteiger partial charge in [0.2, 0.25) is 5.95 Å². The van der Waals surface area contributed by atoms with Crippen molar-refractivity contribution in [3.63, 3.8) is 0 Å². The molecule has 1 aliphatic heterocycles. The summed E-state index contributed by atoms with van der Waals surface area (Å²) in [5.41, 5.74) is 8.73. The number of nitrogens with zero attached hydrogens (tertiary/aromatic N) is 6. The van der Waals surface area contributed by atoms with Crippen LogP contribution >= 0.6 is 0 Å². The molecule has 5 rings (SSSR count). The number of hydrogen-bond acceptors (Lipinski definition) is 6. The summed E-state index contributed by atoms with van der Waals surface area (Å²) >= 11 is 0. The molecule has 1 atom stereocenters. The van der Waals surface area contributed by atoms with Crippen molar-refractivity contribution in [2.24, 2.45) is 5.73 Å². The van der Waals surface area contributed by atoms with Crippen LogP contribution in [-0.2, 0) is 13.1 Å². The monoisotopic (exact) mass is 416 g/mol. The average molecular weight is 416 g/mol. The standard InChI is InChI=1S/C22H24N8O/c1-2-3-11-30-21(31)19-20(27-22(30)28-10-6-7-15(23)12-28)24-14-29(19)13-18-25-16-8-4-5-9-17(16)26-18/h4-5,8-9,14-15H,6-7,10-13,23H2,1H3,(H,25,26). The summed E-state index contributed by atoms with van der Waals surface area (Å²) in [4.78, 5) is 32.7. The van der Waals surface area contributed by atoms with Gasteiger partial charge < -0.3 is 20.2 Å². The second kappa shape index (κ2) is 7.89. The van der Waals surface area contributed by atoms with E-state index in [9.17, 15) is 4.79 Å². The normalized spacial score (nSPS) is 16.6. The first-order valence-corrected chi connectivity index (χ1v) is 10.4. The molecule has 4 heterocycles. The van der Waals surface area contributed by atoms with Gasteiger partial charge in [0.1, 0.15) is 5.82 Å². The van der Waals surface area contributed by atoms with Gasteiger partial charge in [-0.2, -0.15) is 4.98 Å². The minimum absolute atomic E-state index is 0.0673. The summed E-state index contributed by atoms with van der Waals surface area (Å²) in [6, 6.07) is 7.91. The molecular weight excluding hydrogens is 392 g/mol. The van der Waals surface area contributed by atoms with Crippen LogP contribution in [0, 0.1) is 11.8 Å². The first-order chi connectivity index (χ1) is 15.1. The summed E-state index contributed by atoms with van der Waals surface area (Å²) in [7, 11) is 0. The molecule has 31 heavy (non-hydrogen) atoms. The summed E-state index contributed by atoms with van der Waals surface area (Å²) in [5, 5.41) is 0. The second-order valence-corrected chi connectivity index (χ2v) is 7.82. The van der Waals surface area contributed by atoms with Crippen molar-refractivity contribution in [2.45, 2.75) is 38.9 Å². The molecule has 1 saturated heterocycles. The number of anilines is 1. The number of piperidine rings is 1. The van der Waals surface area contributed by atoms with E-state index in [1.54, 1.807) is 22.4 Å². The predicted molar refractivity (Wildman–Crippen MR) is 120 cm³/mol. The van der Waals surface area contributed by atoms with Gasteiger partial charge in [-0.1, -0.05) is 18.1 Å². The van der Waals surface area contributed by atoms with Crippen LogP contribution in [0.25, 0.3) is 22.2 Å². The highest BCUT2D eigenvalue weighted by Crippen LogP contribution is 2.19. The van der Waals surface area contributed by atoms with Crippen molar-refractivity contribution in [3.8, 4) is 11.8 Å². The number of para-hydroxylation sites is 2. The average Bonchev–Trinajstić information content (AvgIpc) is 3.36. The predicted octanol–water partition coefficient (Wildman–Crippen LogP) is 1.47. The number of fused-ring (bicyclic) bond motifs is 2. The molecular formula is C22H24N8O. The SMILES string of the molecule is CC#CCn1c(N2CCCC(N)C2)nc2ncn(Cc3nc4ccccc4[nH]3)c2c1=O. The maximum Gasteiger partial charge on any atom is 0.282 e. The highest BCUT2D eigenvalue weighted by Gasteiger charge is 2.24. The van der Waals surface area contributed by atoms with Crippen LogP contribution in [0.5, 0.6) is 0 Å². The van der Waals surface area contributed by atoms with Crippen LogP contribution < -0.4 is 16.2 Å². The largest absolute Gasteiger partial charge is 0.341 e. The highest BCUT2D eigenvalue weighted by molar-refractivity contribution is 5.75. The zero-order valence-electron chi connectivity index (χ0n) is 17.4. The van der Waals surface area contributed by atoms with Crippen molar-refractivity contribution < 1.29 is 0 Å². The zero-order valence-corrected chi connectivity index (χ0v) is 17.4. The van der Waals surface area contributed by atoms with Crippen LogP contribution in [-0.4, -0.2) is 48.2 Å². The van der Waals surface area contributed by atoms with E-state index in [0.717, 1.165) is 36.2 Å². The van der Waals surface area contributed by atoms with E-state index in [1.165, 1.54) is 0 Å². The van der Waals surface area contributed by atoms with Gasteiger partial charge in [-0.3, -0.25) is 9.36 Å². The Morgan fingerprint density at radius 3 is 2.97 bits per heavy atom. The molecule has 4 aromatic rings. The van der Waals surface area contributed by atoms with Gasteiger partial charge in [-0.25, -0.2) is 9.97 Å². The molecule has 9 nitrogen and oxygen atoms in total. The lowest BCUT2D eigenvalue weighted by atomic mass is 10.1. The Labute approximate surface area is 178 Å². The Morgan fingerprint density at radius 1 is 1.29 bits per heavy atom. The van der Waals surface area contributed by atoms with Crippen molar-refractivity contribution in [1.29, 1.82) is 0 Å². The van der Waals surface area contributed by atoms with E-state index >= 15 is 0 Å². The number of rotatable bonds is 4. The molecule has 1 aromatic carbocycles. The number of imidazole rings is 2. The third-order valence-electron chi connectivity index (χ3n) is 5.63. The molecule has 1 aliphatic rings. The number of nitrogens with two attached hydrogens (primary N) is 1. The number of hydrogen-bond donors (Lipinski definition) is 2. The van der Waals surface area contributed by atoms with Crippen LogP contribution in [0.1, 0.15) is 25.6 Å². The van der Waals surface area contributed by atoms with Gasteiger partial charge in [-0.05, 0) is 31.9 Å². The summed E-state index contributed by atoms with van der Waals surface area (Å²) in [6.45, 7) is 3.91. The number of benzene rings is 1. The van der Waals surface area contributed by atoms with E-state index in [0.29, 0.717) is 30.2 Å². The van der Waals surface area contributed by atoms with Crippen LogP contribution in [0.4, 0.5) is 5.95 Å². The Hall–Kier alpha value is -3.64. The molecule has 0 spiro atoms. The lowest BCUT2D eigenvalue weighted by Gasteiger charge is -2.32. The maximum absolute atomic E-state index is 13.5. The minimum Gasteiger partial charge on any atom is -0.341 e. The molecule has 3 N–H and O–H groups in total. The summed E-state index contributed by atoms with van der Waals surface area (Å²) in [5.74, 6) is 7.23. The number of aromatic nitrogens is 6. The van der Waals surface area contributed by atoms with Gasteiger partial charge in [0, 0.05) is 19.1 Å². The van der Waals surface area contributed by atoms with Crippen molar-refractivity contribution in [1.82, 2.24) is 29.1 Å². The fourth-order valence-electron chi connectivity index (χ4n) is 4.14. The smallest absolute Gasteiger partial charge is 0.282 e. The molecule has 3 aromatic heterocycles. The molecule has 0 aliphatic carbocycles. The molecule has 1 unspecified atom stereocenters. The quantitative estimate of drug-likeness (QED) is 0.488. The van der Waals surface area contributed by atoms with Crippen LogP contribution in [0.3, 0.4) is 0 Å². The maximum atomic E-state index is 13.5. The minimum atomic E-state index is -0.157. The van der Waals surface area contributed by atoms with E-state index in [1.807, 2.05) is 24.3 Å². The molecule has 0 radical (unpaired) electrons. The van der Waals surface area contributed by atoms with Gasteiger partial charge >= 0.3 is 0 Å². The first-order valence-electron chi connectivity index (χ1n) is 10.4. The Balaban J connectivity index is 1.59. The number of nitrogens with one attached hydrogen (secondary N) is 1. The summed E-state index contributed by atoms with van der Waals surface area (Å²) < 4.78 is 3.43. The highest BCUT2D eigenvalue weighted by atomic mass is 16.1. The number of aromatic amines is 1. The third kappa shape index (κ3) is 3.55. The van der Waals surface area contributed by atoms with Gasteiger partial charge in [-0.15, -0.1) is 5.92 Å². The van der Waals surface area contributed by atoms with Crippen molar-refractivity contribution in [3.05, 3.63) is 46.8 Å². The lowest BCUT2D eigenvalue weighted by Crippen LogP contribution is -2.45. The van der Waals surface area contributed by atoms with Crippen molar-refractivity contribution >= 4 is 28.1 Å². The Kier molecular flexibility index (Phi) is 4.92. The second-order valence-electron chi connectivity index (χ2n) is 7.82. The topological polar surface area (TPSA) is 111 Å². The van der Waals surface area contributed by atoms with Gasteiger partial charge in [0.25, 0.3) is 5.56 Å². The third-order valence-corrected chi connectivity index (χ3v) is 5.63. The molecule has 158 valence electrons.